The zero-order valence-corrected chi connectivity index (χ0v) is 12.0. The third-order valence-electron chi connectivity index (χ3n) is 1.45. The molecule has 0 radical (unpaired) electrons. The molecule has 1 aromatic carbocycles. The molecule has 5 nitrogen and oxygen atoms in total. The van der Waals surface area contributed by atoms with Gasteiger partial charge in [0.2, 0.25) is 0 Å². The van der Waals surface area contributed by atoms with Crippen LogP contribution in [0.3, 0.4) is 0 Å². The van der Waals surface area contributed by atoms with Crippen molar-refractivity contribution in [2.75, 3.05) is 6.54 Å². The van der Waals surface area contributed by atoms with Gasteiger partial charge in [0.25, 0.3) is 5.97 Å². The Hall–Kier alpha value is -1.40. The summed E-state index contributed by atoms with van der Waals surface area (Å²) in [6.07, 6.45) is 1.61. The van der Waals surface area contributed by atoms with Gasteiger partial charge in [-0.25, -0.2) is 0 Å². The summed E-state index contributed by atoms with van der Waals surface area (Å²) in [6, 6.07) is 5.51. The molecule has 18 heavy (non-hydrogen) atoms. The number of carbonyl (C=O) groups is 1. The maximum Gasteiger partial charge on any atom is 0.300 e. The van der Waals surface area contributed by atoms with E-state index >= 15 is 0 Å². The van der Waals surface area contributed by atoms with Gasteiger partial charge in [0.1, 0.15) is 5.84 Å². The number of hydrogen-bond acceptors (Lipinski definition) is 3. The highest BCUT2D eigenvalue weighted by Gasteiger charge is 1.97. The van der Waals surface area contributed by atoms with E-state index in [-0.39, 0.29) is 12.4 Å². The van der Waals surface area contributed by atoms with Crippen molar-refractivity contribution in [2.24, 2.45) is 10.7 Å². The summed E-state index contributed by atoms with van der Waals surface area (Å²) >= 11 is 9.24. The minimum Gasteiger partial charge on any atom is -0.481 e. The molecule has 0 aliphatic heterocycles. The quantitative estimate of drug-likeness (QED) is 0.585. The molecule has 7 heteroatoms. The van der Waals surface area contributed by atoms with E-state index in [2.05, 4.69) is 20.9 Å². The molecule has 0 saturated carbocycles. The molecule has 1 rings (SSSR count). The smallest absolute Gasteiger partial charge is 0.300 e. The second kappa shape index (κ2) is 8.66. The van der Waals surface area contributed by atoms with E-state index in [4.69, 9.17) is 32.6 Å². The van der Waals surface area contributed by atoms with Crippen molar-refractivity contribution in [3.63, 3.8) is 0 Å². The Kier molecular flexibility index (Phi) is 7.98. The second-order valence-electron chi connectivity index (χ2n) is 3.18. The second-order valence-corrected chi connectivity index (χ2v) is 4.50. The third kappa shape index (κ3) is 8.72. The fraction of sp³-hybridized carbons (Fsp3) is 0.182. The Labute approximate surface area is 118 Å². The van der Waals surface area contributed by atoms with E-state index in [1.807, 2.05) is 12.1 Å². The topological polar surface area (TPSA) is 99.5 Å². The third-order valence-corrected chi connectivity index (χ3v) is 2.28. The molecule has 0 aromatic heterocycles. The first-order chi connectivity index (χ1) is 8.32. The van der Waals surface area contributed by atoms with Crippen LogP contribution in [0, 0.1) is 5.41 Å². The molecule has 0 atom stereocenters. The van der Waals surface area contributed by atoms with Crippen LogP contribution in [-0.2, 0) is 4.79 Å². The zero-order chi connectivity index (χ0) is 14.1. The number of nitrogens with two attached hydrogens (primary N) is 1. The van der Waals surface area contributed by atoms with Crippen LogP contribution in [0.2, 0.25) is 5.02 Å². The molecule has 0 amide bonds. The fourth-order valence-electron chi connectivity index (χ4n) is 0.849. The minimum absolute atomic E-state index is 0.0366. The average Bonchev–Trinajstić information content (AvgIpc) is 2.20. The SMILES string of the molecule is CC(=O)O.N=C(N)CN=Cc1ccc(Br)cc1Cl. The number of nitrogens with one attached hydrogen (secondary N) is 1. The van der Waals surface area contributed by atoms with Crippen LogP contribution in [0.5, 0.6) is 0 Å². The largest absolute Gasteiger partial charge is 0.481 e. The number of carboxylic acids is 1. The van der Waals surface area contributed by atoms with Crippen LogP contribution in [-0.4, -0.2) is 29.7 Å². The van der Waals surface area contributed by atoms with E-state index in [1.54, 1.807) is 12.3 Å². The normalized spacial score (nSPS) is 9.72. The van der Waals surface area contributed by atoms with Crippen molar-refractivity contribution in [1.29, 1.82) is 5.41 Å². The Morgan fingerprint density at radius 3 is 2.67 bits per heavy atom. The van der Waals surface area contributed by atoms with Crippen LogP contribution in [0.15, 0.2) is 27.7 Å². The van der Waals surface area contributed by atoms with Crippen molar-refractivity contribution in [2.45, 2.75) is 6.92 Å². The first-order valence-corrected chi connectivity index (χ1v) is 5.97. The van der Waals surface area contributed by atoms with Crippen molar-refractivity contribution in [3.05, 3.63) is 33.3 Å². The van der Waals surface area contributed by atoms with Gasteiger partial charge in [0.05, 0.1) is 11.6 Å². The van der Waals surface area contributed by atoms with E-state index < -0.39 is 5.97 Å². The first-order valence-electron chi connectivity index (χ1n) is 4.80. The predicted molar refractivity (Wildman–Crippen MR) is 76.8 cm³/mol. The van der Waals surface area contributed by atoms with E-state index in [0.29, 0.717) is 5.02 Å². The highest BCUT2D eigenvalue weighted by Crippen LogP contribution is 2.19. The van der Waals surface area contributed by atoms with Gasteiger partial charge in [-0.05, 0) is 12.1 Å². The molecule has 0 bridgehead atoms. The zero-order valence-electron chi connectivity index (χ0n) is 9.65. The Morgan fingerprint density at radius 2 is 2.22 bits per heavy atom. The van der Waals surface area contributed by atoms with E-state index in [1.165, 1.54) is 0 Å². The van der Waals surface area contributed by atoms with Gasteiger partial charge in [-0.2, -0.15) is 0 Å². The van der Waals surface area contributed by atoms with Gasteiger partial charge >= 0.3 is 0 Å². The van der Waals surface area contributed by atoms with Gasteiger partial charge in [-0.15, -0.1) is 0 Å². The van der Waals surface area contributed by atoms with Gasteiger partial charge in [0, 0.05) is 23.2 Å². The van der Waals surface area contributed by atoms with Crippen LogP contribution in [0.4, 0.5) is 0 Å². The van der Waals surface area contributed by atoms with E-state index in [9.17, 15) is 0 Å². The molecular formula is C11H13BrClN3O2. The maximum absolute atomic E-state index is 9.00. The molecule has 4 N–H and O–H groups in total. The molecule has 0 aliphatic carbocycles. The Bertz CT molecular complexity index is 460. The standard InChI is InChI=1S/C9H9BrClN3.C2H4O2/c10-7-2-1-6(8(11)3-7)4-14-5-9(12)13;1-2(3)4/h1-4H,5H2,(H3,12,13);1H3,(H,3,4). The summed E-state index contributed by atoms with van der Waals surface area (Å²) < 4.78 is 0.922. The number of aliphatic imine (C=N–C) groups is 1. The number of halogens is 2. The van der Waals surface area contributed by atoms with Crippen molar-refractivity contribution < 1.29 is 9.90 Å². The fourth-order valence-corrected chi connectivity index (χ4v) is 1.57. The summed E-state index contributed by atoms with van der Waals surface area (Å²) in [7, 11) is 0. The number of carboxylic acid groups (broad SMARTS) is 1. The average molecular weight is 335 g/mol. The van der Waals surface area contributed by atoms with Gasteiger partial charge in [-0.3, -0.25) is 15.2 Å². The Balaban J connectivity index is 0.000000631. The lowest BCUT2D eigenvalue weighted by molar-refractivity contribution is -0.134. The highest BCUT2D eigenvalue weighted by molar-refractivity contribution is 9.10. The first kappa shape index (κ1) is 16.6. The number of amidine groups is 1. The van der Waals surface area contributed by atoms with Crippen molar-refractivity contribution >= 4 is 45.6 Å². The van der Waals surface area contributed by atoms with Gasteiger partial charge in [0.15, 0.2) is 0 Å². The molecule has 0 saturated heterocycles. The molecule has 0 spiro atoms. The number of hydrogen-bond donors (Lipinski definition) is 3. The monoisotopic (exact) mass is 333 g/mol. The molecule has 98 valence electrons. The molecule has 0 fully saturated rings. The number of benzene rings is 1. The molecular weight excluding hydrogens is 321 g/mol. The summed E-state index contributed by atoms with van der Waals surface area (Å²) in [5, 5.41) is 15.0. The summed E-state index contributed by atoms with van der Waals surface area (Å²) in [5.74, 6) is -0.797. The van der Waals surface area contributed by atoms with Gasteiger partial charge in [-0.1, -0.05) is 33.6 Å². The molecule has 1 aromatic rings. The molecule has 0 aliphatic rings. The van der Waals surface area contributed by atoms with Crippen molar-refractivity contribution in [3.8, 4) is 0 Å². The summed E-state index contributed by atoms with van der Waals surface area (Å²) in [4.78, 5) is 13.0. The number of rotatable bonds is 3. The van der Waals surface area contributed by atoms with E-state index in [0.717, 1.165) is 17.0 Å². The van der Waals surface area contributed by atoms with Crippen LogP contribution >= 0.6 is 27.5 Å². The lowest BCUT2D eigenvalue weighted by Crippen LogP contribution is -2.13. The van der Waals surface area contributed by atoms with Crippen LogP contribution < -0.4 is 5.73 Å². The number of aliphatic carboxylic acids is 1. The van der Waals surface area contributed by atoms with Crippen LogP contribution in [0.25, 0.3) is 0 Å². The predicted octanol–water partition coefficient (Wildman–Crippen LogP) is 2.55. The Morgan fingerprint density at radius 1 is 1.67 bits per heavy atom. The lowest BCUT2D eigenvalue weighted by Gasteiger charge is -1.97. The highest BCUT2D eigenvalue weighted by atomic mass is 79.9. The molecule has 0 unspecified atom stereocenters. The van der Waals surface area contributed by atoms with Crippen molar-refractivity contribution in [1.82, 2.24) is 0 Å². The van der Waals surface area contributed by atoms with Crippen LogP contribution in [0.1, 0.15) is 12.5 Å². The lowest BCUT2D eigenvalue weighted by atomic mass is 10.2. The van der Waals surface area contributed by atoms with Gasteiger partial charge < -0.3 is 10.8 Å². The number of nitrogens with zero attached hydrogens (tertiary/aromatic N) is 1. The summed E-state index contributed by atoms with van der Waals surface area (Å²) in [5.41, 5.74) is 5.96. The summed E-state index contributed by atoms with van der Waals surface area (Å²) in [6.45, 7) is 1.28. The maximum atomic E-state index is 9.00. The molecule has 0 heterocycles. The minimum atomic E-state index is -0.833.